The number of carboxylic acid groups (broad SMARTS) is 2. The predicted octanol–water partition coefficient (Wildman–Crippen LogP) is 0.901. The van der Waals surface area contributed by atoms with E-state index in [1.165, 1.54) is 6.92 Å². The van der Waals surface area contributed by atoms with Crippen LogP contribution < -0.4 is 0 Å². The molecule has 172 valence electrons. The molecule has 3 N–H and O–H groups in total. The highest BCUT2D eigenvalue weighted by atomic mass is 16.6. The molecule has 0 fully saturated rings. The van der Waals surface area contributed by atoms with Crippen molar-refractivity contribution < 1.29 is 53.5 Å². The molecule has 0 saturated heterocycles. The van der Waals surface area contributed by atoms with Crippen LogP contribution in [0.3, 0.4) is 0 Å². The third-order valence-corrected chi connectivity index (χ3v) is 4.21. The lowest BCUT2D eigenvalue weighted by Crippen LogP contribution is -2.52. The van der Waals surface area contributed by atoms with Crippen molar-refractivity contribution in [2.45, 2.75) is 71.0 Å². The van der Waals surface area contributed by atoms with E-state index in [9.17, 15) is 34.2 Å². The van der Waals surface area contributed by atoms with Gasteiger partial charge in [-0.05, 0) is 19.3 Å². The summed E-state index contributed by atoms with van der Waals surface area (Å²) >= 11 is 0. The standard InChI is InChI=1S/C19H30O11/c1-4-7-9-28-16(23)14(17(24)29-10-8-5-2)30-15(22)12(6-3)19(27,18(25)26)11-13(20)21/h12,14,27H,4-11H2,1-3H3,(H,20,21)(H,25,26). The molecule has 0 amide bonds. The number of rotatable bonds is 15. The van der Waals surface area contributed by atoms with Gasteiger partial charge in [0.05, 0.1) is 25.6 Å². The van der Waals surface area contributed by atoms with E-state index < -0.39 is 53.9 Å². The molecule has 0 heterocycles. The third-order valence-electron chi connectivity index (χ3n) is 4.21. The van der Waals surface area contributed by atoms with Crippen LogP contribution in [0.25, 0.3) is 0 Å². The van der Waals surface area contributed by atoms with Crippen LogP contribution in [-0.2, 0) is 38.2 Å². The molecule has 11 heteroatoms. The minimum atomic E-state index is -3.00. The number of carbonyl (C=O) groups is 5. The first-order valence-corrected chi connectivity index (χ1v) is 9.76. The SMILES string of the molecule is CCCCOC(=O)C(OC(=O)C(CC)C(O)(CC(=O)O)C(=O)O)C(=O)OCCCC. The number of carboxylic acids is 2. The normalized spacial score (nSPS) is 13.8. The second-order valence-corrected chi connectivity index (χ2v) is 6.62. The topological polar surface area (TPSA) is 174 Å². The average Bonchev–Trinajstić information content (AvgIpc) is 2.66. The van der Waals surface area contributed by atoms with Gasteiger partial charge in [-0.1, -0.05) is 33.6 Å². The van der Waals surface area contributed by atoms with Crippen molar-refractivity contribution in [2.24, 2.45) is 5.92 Å². The van der Waals surface area contributed by atoms with Crippen LogP contribution in [0.15, 0.2) is 0 Å². The van der Waals surface area contributed by atoms with Crippen molar-refractivity contribution >= 4 is 29.8 Å². The largest absolute Gasteiger partial charge is 0.481 e. The molecule has 0 aliphatic rings. The first kappa shape index (κ1) is 27.3. The number of carbonyl (C=O) groups excluding carboxylic acids is 3. The van der Waals surface area contributed by atoms with Gasteiger partial charge in [-0.2, -0.15) is 0 Å². The average molecular weight is 434 g/mol. The van der Waals surface area contributed by atoms with E-state index in [-0.39, 0.29) is 19.6 Å². The fraction of sp³-hybridized carbons (Fsp3) is 0.737. The Morgan fingerprint density at radius 2 is 1.30 bits per heavy atom. The van der Waals surface area contributed by atoms with Crippen LogP contribution in [0.5, 0.6) is 0 Å². The molecule has 11 nitrogen and oxygen atoms in total. The van der Waals surface area contributed by atoms with Crippen molar-refractivity contribution in [1.29, 1.82) is 0 Å². The predicted molar refractivity (Wildman–Crippen MR) is 100 cm³/mol. The number of aliphatic carboxylic acids is 2. The minimum Gasteiger partial charge on any atom is -0.481 e. The van der Waals surface area contributed by atoms with Crippen molar-refractivity contribution in [3.8, 4) is 0 Å². The fourth-order valence-corrected chi connectivity index (χ4v) is 2.45. The van der Waals surface area contributed by atoms with Crippen LogP contribution >= 0.6 is 0 Å². The Kier molecular flexibility index (Phi) is 12.3. The van der Waals surface area contributed by atoms with Crippen molar-refractivity contribution in [3.05, 3.63) is 0 Å². The lowest BCUT2D eigenvalue weighted by molar-refractivity contribution is -0.192. The second-order valence-electron chi connectivity index (χ2n) is 6.62. The Labute approximate surface area is 174 Å². The van der Waals surface area contributed by atoms with Gasteiger partial charge >= 0.3 is 29.8 Å². The van der Waals surface area contributed by atoms with Crippen molar-refractivity contribution in [3.63, 3.8) is 0 Å². The summed E-state index contributed by atoms with van der Waals surface area (Å²) in [7, 11) is 0. The maximum atomic E-state index is 12.5. The maximum Gasteiger partial charge on any atom is 0.359 e. The van der Waals surface area contributed by atoms with Gasteiger partial charge in [0.2, 0.25) is 0 Å². The Hall–Kier alpha value is -2.69. The van der Waals surface area contributed by atoms with Gasteiger partial charge in [0.15, 0.2) is 5.60 Å². The number of unbranched alkanes of at least 4 members (excludes halogenated alkanes) is 2. The van der Waals surface area contributed by atoms with E-state index in [4.69, 9.17) is 19.3 Å². The van der Waals surface area contributed by atoms with E-state index in [0.29, 0.717) is 25.7 Å². The first-order chi connectivity index (χ1) is 14.0. The Bertz CT molecular complexity index is 594. The second kappa shape index (κ2) is 13.5. The van der Waals surface area contributed by atoms with Gasteiger partial charge < -0.3 is 29.5 Å². The Morgan fingerprint density at radius 3 is 1.63 bits per heavy atom. The minimum absolute atomic E-state index is 0.0408. The monoisotopic (exact) mass is 434 g/mol. The molecule has 0 saturated carbocycles. The highest BCUT2D eigenvalue weighted by Crippen LogP contribution is 2.27. The summed E-state index contributed by atoms with van der Waals surface area (Å²) in [5.41, 5.74) is -3.00. The maximum absolute atomic E-state index is 12.5. The number of hydrogen-bond acceptors (Lipinski definition) is 9. The molecule has 0 aliphatic carbocycles. The van der Waals surface area contributed by atoms with Crippen LogP contribution in [0.2, 0.25) is 0 Å². The molecule has 2 atom stereocenters. The summed E-state index contributed by atoms with van der Waals surface area (Å²) in [5, 5.41) is 28.5. The molecule has 0 radical (unpaired) electrons. The molecular weight excluding hydrogens is 404 g/mol. The summed E-state index contributed by atoms with van der Waals surface area (Å²) in [6, 6.07) is 0. The molecule has 0 rings (SSSR count). The van der Waals surface area contributed by atoms with E-state index in [2.05, 4.69) is 0 Å². The van der Waals surface area contributed by atoms with E-state index in [0.717, 1.165) is 0 Å². The molecule has 2 unspecified atom stereocenters. The summed E-state index contributed by atoms with van der Waals surface area (Å²) in [5.74, 6) is -9.33. The Balaban J connectivity index is 5.60. The molecule has 0 aromatic heterocycles. The van der Waals surface area contributed by atoms with Gasteiger partial charge in [0.1, 0.15) is 0 Å². The third kappa shape index (κ3) is 8.36. The van der Waals surface area contributed by atoms with Crippen LogP contribution in [0.4, 0.5) is 0 Å². The lowest BCUT2D eigenvalue weighted by Gasteiger charge is -2.29. The smallest absolute Gasteiger partial charge is 0.359 e. The van der Waals surface area contributed by atoms with Crippen molar-refractivity contribution in [2.75, 3.05) is 13.2 Å². The lowest BCUT2D eigenvalue weighted by atomic mass is 9.82. The van der Waals surface area contributed by atoms with Gasteiger partial charge in [0.25, 0.3) is 6.10 Å². The summed E-state index contributed by atoms with van der Waals surface area (Å²) in [6.45, 7) is 4.91. The highest BCUT2D eigenvalue weighted by molar-refractivity contribution is 6.00. The molecule has 0 spiro atoms. The molecule has 0 aromatic carbocycles. The van der Waals surface area contributed by atoms with Gasteiger partial charge in [-0.3, -0.25) is 9.59 Å². The van der Waals surface area contributed by atoms with Gasteiger partial charge in [-0.25, -0.2) is 14.4 Å². The zero-order valence-electron chi connectivity index (χ0n) is 17.4. The summed E-state index contributed by atoms with van der Waals surface area (Å²) in [6.07, 6.45) is -1.38. The molecular formula is C19H30O11. The molecule has 30 heavy (non-hydrogen) atoms. The van der Waals surface area contributed by atoms with Crippen LogP contribution in [0.1, 0.15) is 59.3 Å². The molecule has 0 aromatic rings. The Morgan fingerprint density at radius 1 is 0.833 bits per heavy atom. The van der Waals surface area contributed by atoms with Crippen LogP contribution in [0, 0.1) is 5.92 Å². The van der Waals surface area contributed by atoms with E-state index >= 15 is 0 Å². The van der Waals surface area contributed by atoms with E-state index in [1.54, 1.807) is 0 Å². The molecule has 0 aliphatic heterocycles. The van der Waals surface area contributed by atoms with Crippen LogP contribution in [-0.4, -0.2) is 70.1 Å². The number of hydrogen-bond donors (Lipinski definition) is 3. The van der Waals surface area contributed by atoms with E-state index in [1.807, 2.05) is 13.8 Å². The number of ether oxygens (including phenoxy) is 3. The highest BCUT2D eigenvalue weighted by Gasteiger charge is 2.51. The number of esters is 3. The first-order valence-electron chi connectivity index (χ1n) is 9.76. The van der Waals surface area contributed by atoms with Gasteiger partial charge in [0, 0.05) is 0 Å². The fourth-order valence-electron chi connectivity index (χ4n) is 2.45. The molecule has 0 bridgehead atoms. The summed E-state index contributed by atoms with van der Waals surface area (Å²) in [4.78, 5) is 59.4. The summed E-state index contributed by atoms with van der Waals surface area (Å²) < 4.78 is 14.7. The van der Waals surface area contributed by atoms with Gasteiger partial charge in [-0.15, -0.1) is 0 Å². The number of aliphatic hydroxyl groups is 1. The zero-order valence-corrected chi connectivity index (χ0v) is 17.4. The zero-order chi connectivity index (χ0) is 23.3. The quantitative estimate of drug-likeness (QED) is 0.145. The van der Waals surface area contributed by atoms with Crippen molar-refractivity contribution in [1.82, 2.24) is 0 Å².